The highest BCUT2D eigenvalue weighted by atomic mass is 35.5. The van der Waals surface area contributed by atoms with Crippen LogP contribution in [-0.4, -0.2) is 18.8 Å². The van der Waals surface area contributed by atoms with Gasteiger partial charge in [-0.1, -0.05) is 6.07 Å². The first-order valence-corrected chi connectivity index (χ1v) is 4.41. The van der Waals surface area contributed by atoms with Crippen LogP contribution in [0.2, 0.25) is 0 Å². The molecule has 0 spiro atoms. The maximum Gasteiger partial charge on any atom is 0.127 e. The van der Waals surface area contributed by atoms with E-state index in [1.165, 1.54) is 0 Å². The summed E-state index contributed by atoms with van der Waals surface area (Å²) in [6.45, 7) is 1.06. The number of methoxy groups -OCH3 is 1. The molecule has 78 valence electrons. The van der Waals surface area contributed by atoms with Crippen molar-refractivity contribution in [3.8, 4) is 11.5 Å². The minimum absolute atomic E-state index is 0. The summed E-state index contributed by atoms with van der Waals surface area (Å²) in [7, 11) is 1.62. The van der Waals surface area contributed by atoms with Crippen molar-refractivity contribution in [1.29, 1.82) is 0 Å². The fraction of sp³-hybridized carbons (Fsp3) is 0.400. The maximum atomic E-state index is 9.24. The van der Waals surface area contributed by atoms with Gasteiger partial charge in [-0.05, 0) is 19.0 Å². The number of ether oxygens (including phenoxy) is 1. The van der Waals surface area contributed by atoms with Crippen LogP contribution in [0.3, 0.4) is 0 Å². The van der Waals surface area contributed by atoms with Crippen molar-refractivity contribution in [2.75, 3.05) is 13.7 Å². The van der Waals surface area contributed by atoms with E-state index in [0.29, 0.717) is 6.04 Å². The normalized spacial score (nSPS) is 19.4. The smallest absolute Gasteiger partial charge is 0.127 e. The van der Waals surface area contributed by atoms with E-state index < -0.39 is 0 Å². The second kappa shape index (κ2) is 4.53. The van der Waals surface area contributed by atoms with Gasteiger partial charge in [-0.15, -0.1) is 12.4 Å². The minimum Gasteiger partial charge on any atom is -0.508 e. The van der Waals surface area contributed by atoms with E-state index in [1.54, 1.807) is 19.2 Å². The van der Waals surface area contributed by atoms with Crippen molar-refractivity contribution >= 4 is 12.4 Å². The molecule has 1 heterocycles. The number of hydrogen-bond donors (Lipinski definition) is 2. The molecule has 2 N–H and O–H groups in total. The van der Waals surface area contributed by atoms with Crippen LogP contribution in [0, 0.1) is 0 Å². The molecular weight excluding hydrogens is 202 g/mol. The van der Waals surface area contributed by atoms with Crippen LogP contribution in [-0.2, 0) is 0 Å². The first-order chi connectivity index (χ1) is 6.31. The molecular formula is C10H14ClNO2. The zero-order valence-corrected chi connectivity index (χ0v) is 8.80. The Morgan fingerprint density at radius 3 is 2.71 bits per heavy atom. The van der Waals surface area contributed by atoms with E-state index in [-0.39, 0.29) is 18.2 Å². The molecule has 1 aromatic rings. The summed E-state index contributed by atoms with van der Waals surface area (Å²) < 4.78 is 5.18. The van der Waals surface area contributed by atoms with Gasteiger partial charge >= 0.3 is 0 Å². The maximum absolute atomic E-state index is 9.24. The van der Waals surface area contributed by atoms with E-state index in [0.717, 1.165) is 24.3 Å². The van der Waals surface area contributed by atoms with Gasteiger partial charge in [-0.3, -0.25) is 0 Å². The molecule has 14 heavy (non-hydrogen) atoms. The van der Waals surface area contributed by atoms with E-state index in [1.807, 2.05) is 6.07 Å². The molecule has 1 aliphatic rings. The lowest BCUT2D eigenvalue weighted by molar-refractivity contribution is 0.351. The molecule has 0 unspecified atom stereocenters. The number of phenols is 1. The predicted octanol–water partition coefficient (Wildman–Crippen LogP) is 1.86. The Morgan fingerprint density at radius 2 is 2.21 bits per heavy atom. The Morgan fingerprint density at radius 1 is 1.50 bits per heavy atom. The van der Waals surface area contributed by atoms with E-state index in [4.69, 9.17) is 4.74 Å². The zero-order chi connectivity index (χ0) is 9.26. The standard InChI is InChI=1S/C10H13NO2.ClH/c1-13-10-6-7(12)2-3-8(10)9-4-5-11-9;/h2-3,6,9,11-12H,4-5H2,1H3;1H/t9-;/m1./s1. The highest BCUT2D eigenvalue weighted by molar-refractivity contribution is 5.85. The summed E-state index contributed by atoms with van der Waals surface area (Å²) in [5.41, 5.74) is 1.13. The monoisotopic (exact) mass is 215 g/mol. The topological polar surface area (TPSA) is 41.5 Å². The van der Waals surface area contributed by atoms with Gasteiger partial charge < -0.3 is 15.2 Å². The Bertz CT molecular complexity index is 313. The fourth-order valence-corrected chi connectivity index (χ4v) is 1.54. The molecule has 0 radical (unpaired) electrons. The summed E-state index contributed by atoms with van der Waals surface area (Å²) in [6, 6.07) is 5.65. The molecule has 0 bridgehead atoms. The molecule has 0 aliphatic carbocycles. The van der Waals surface area contributed by atoms with Gasteiger partial charge in [-0.2, -0.15) is 0 Å². The minimum atomic E-state index is 0. The number of phenolic OH excluding ortho intramolecular Hbond substituents is 1. The van der Waals surface area contributed by atoms with Crippen LogP contribution in [0.4, 0.5) is 0 Å². The van der Waals surface area contributed by atoms with Crippen LogP contribution in [0.1, 0.15) is 18.0 Å². The number of aromatic hydroxyl groups is 1. The molecule has 1 aliphatic heterocycles. The summed E-state index contributed by atoms with van der Waals surface area (Å²) in [5.74, 6) is 1.01. The average molecular weight is 216 g/mol. The molecule has 0 saturated carbocycles. The predicted molar refractivity (Wildman–Crippen MR) is 57.3 cm³/mol. The molecule has 1 fully saturated rings. The highest BCUT2D eigenvalue weighted by Gasteiger charge is 2.21. The average Bonchev–Trinajstić information content (AvgIpc) is 2.05. The van der Waals surface area contributed by atoms with Crippen LogP contribution < -0.4 is 10.1 Å². The Labute approximate surface area is 89.5 Å². The lowest BCUT2D eigenvalue weighted by Crippen LogP contribution is -2.35. The SMILES string of the molecule is COc1cc(O)ccc1[C@H]1CCN1.Cl. The molecule has 0 aromatic heterocycles. The van der Waals surface area contributed by atoms with Crippen LogP contribution in [0.15, 0.2) is 18.2 Å². The van der Waals surface area contributed by atoms with Gasteiger partial charge in [-0.25, -0.2) is 0 Å². The van der Waals surface area contributed by atoms with Crippen molar-refractivity contribution in [1.82, 2.24) is 5.32 Å². The van der Waals surface area contributed by atoms with Gasteiger partial charge in [0, 0.05) is 17.7 Å². The number of rotatable bonds is 2. The first kappa shape index (κ1) is 11.1. The van der Waals surface area contributed by atoms with Gasteiger partial charge in [0.2, 0.25) is 0 Å². The van der Waals surface area contributed by atoms with Crippen LogP contribution in [0.5, 0.6) is 11.5 Å². The summed E-state index contributed by atoms with van der Waals surface area (Å²) >= 11 is 0. The number of hydrogen-bond acceptors (Lipinski definition) is 3. The van der Waals surface area contributed by atoms with E-state index in [9.17, 15) is 5.11 Å². The summed E-state index contributed by atoms with van der Waals surface area (Å²) in [4.78, 5) is 0. The third-order valence-corrected chi connectivity index (χ3v) is 2.42. The van der Waals surface area contributed by atoms with Crippen molar-refractivity contribution in [2.45, 2.75) is 12.5 Å². The van der Waals surface area contributed by atoms with Gasteiger partial charge in [0.05, 0.1) is 7.11 Å². The highest BCUT2D eigenvalue weighted by Crippen LogP contribution is 2.33. The third kappa shape index (κ3) is 1.94. The van der Waals surface area contributed by atoms with E-state index in [2.05, 4.69) is 5.32 Å². The molecule has 3 nitrogen and oxygen atoms in total. The van der Waals surface area contributed by atoms with Crippen molar-refractivity contribution in [2.24, 2.45) is 0 Å². The lowest BCUT2D eigenvalue weighted by Gasteiger charge is -2.29. The Balaban J connectivity index is 0.000000980. The molecule has 1 saturated heterocycles. The first-order valence-electron chi connectivity index (χ1n) is 4.41. The quantitative estimate of drug-likeness (QED) is 0.792. The lowest BCUT2D eigenvalue weighted by atomic mass is 9.97. The van der Waals surface area contributed by atoms with Gasteiger partial charge in [0.25, 0.3) is 0 Å². The largest absolute Gasteiger partial charge is 0.508 e. The summed E-state index contributed by atoms with van der Waals surface area (Å²) in [5, 5.41) is 12.5. The zero-order valence-electron chi connectivity index (χ0n) is 7.99. The molecule has 4 heteroatoms. The Kier molecular flexibility index (Phi) is 3.61. The second-order valence-electron chi connectivity index (χ2n) is 3.22. The van der Waals surface area contributed by atoms with Crippen molar-refractivity contribution in [3.63, 3.8) is 0 Å². The van der Waals surface area contributed by atoms with Crippen molar-refractivity contribution in [3.05, 3.63) is 23.8 Å². The molecule has 1 aromatic carbocycles. The van der Waals surface area contributed by atoms with E-state index >= 15 is 0 Å². The molecule has 2 rings (SSSR count). The van der Waals surface area contributed by atoms with Gasteiger partial charge in [0.15, 0.2) is 0 Å². The van der Waals surface area contributed by atoms with Crippen molar-refractivity contribution < 1.29 is 9.84 Å². The number of nitrogens with one attached hydrogen (secondary N) is 1. The van der Waals surface area contributed by atoms with Crippen LogP contribution in [0.25, 0.3) is 0 Å². The summed E-state index contributed by atoms with van der Waals surface area (Å²) in [6.07, 6.45) is 1.14. The Hall–Kier alpha value is -0.930. The fourth-order valence-electron chi connectivity index (χ4n) is 1.54. The second-order valence-corrected chi connectivity index (χ2v) is 3.22. The number of halogens is 1. The van der Waals surface area contributed by atoms with Gasteiger partial charge in [0.1, 0.15) is 11.5 Å². The van der Waals surface area contributed by atoms with Crippen LogP contribution >= 0.6 is 12.4 Å². The third-order valence-electron chi connectivity index (χ3n) is 2.42. The molecule has 0 amide bonds. The molecule has 1 atom stereocenters. The number of benzene rings is 1.